The van der Waals surface area contributed by atoms with Crippen molar-refractivity contribution < 1.29 is 14.6 Å². The van der Waals surface area contributed by atoms with Crippen molar-refractivity contribution in [2.75, 3.05) is 6.61 Å². The zero-order valence-electron chi connectivity index (χ0n) is 14.6. The van der Waals surface area contributed by atoms with Crippen molar-refractivity contribution in [1.29, 1.82) is 0 Å². The number of hydrogen-bond donors (Lipinski definition) is 1. The van der Waals surface area contributed by atoms with Gasteiger partial charge in [0.15, 0.2) is 0 Å². The molecule has 1 N–H and O–H groups in total. The molecule has 0 fully saturated rings. The highest BCUT2D eigenvalue weighted by molar-refractivity contribution is 5.71. The maximum atomic E-state index is 10.6. The molecule has 0 saturated carbocycles. The van der Waals surface area contributed by atoms with Gasteiger partial charge in [-0.25, -0.2) is 0 Å². The van der Waals surface area contributed by atoms with Crippen LogP contribution in [0.1, 0.15) is 37.3 Å². The first-order chi connectivity index (χ1) is 12.1. The van der Waals surface area contributed by atoms with Crippen molar-refractivity contribution >= 4 is 11.5 Å². The molecule has 1 unspecified atom stereocenters. The van der Waals surface area contributed by atoms with E-state index in [0.717, 1.165) is 17.7 Å². The number of allylic oxidation sites excluding steroid dienone is 1. The van der Waals surface area contributed by atoms with Crippen LogP contribution in [0.2, 0.25) is 0 Å². The van der Waals surface area contributed by atoms with Crippen LogP contribution in [-0.4, -0.2) is 17.7 Å². The number of hydrogen-bond acceptors (Lipinski definition) is 2. The summed E-state index contributed by atoms with van der Waals surface area (Å²) in [5.74, 6) is 0.610. The summed E-state index contributed by atoms with van der Waals surface area (Å²) >= 11 is 0. The molecule has 130 valence electrons. The molecule has 3 heteroatoms. The molecule has 0 heterocycles. The van der Waals surface area contributed by atoms with Gasteiger partial charge in [0, 0.05) is 6.42 Å². The van der Waals surface area contributed by atoms with E-state index in [1.54, 1.807) is 0 Å². The van der Waals surface area contributed by atoms with E-state index in [2.05, 4.69) is 31.2 Å². The SMILES string of the molecule is CC1CCC(c2ccccc2)=C1COc1ccc(CCC(=O)O)cc1. The Morgan fingerprint density at radius 1 is 1.12 bits per heavy atom. The molecule has 0 spiro atoms. The lowest BCUT2D eigenvalue weighted by atomic mass is 10.00. The van der Waals surface area contributed by atoms with Crippen LogP contribution in [0.5, 0.6) is 5.75 Å². The number of aryl methyl sites for hydroxylation is 1. The molecule has 0 amide bonds. The Morgan fingerprint density at radius 3 is 2.52 bits per heavy atom. The van der Waals surface area contributed by atoms with Gasteiger partial charge in [-0.2, -0.15) is 0 Å². The second-order valence-electron chi connectivity index (χ2n) is 6.64. The Bertz CT molecular complexity index is 745. The molecule has 2 aromatic carbocycles. The smallest absolute Gasteiger partial charge is 0.303 e. The van der Waals surface area contributed by atoms with E-state index < -0.39 is 5.97 Å². The van der Waals surface area contributed by atoms with Gasteiger partial charge >= 0.3 is 5.97 Å². The van der Waals surface area contributed by atoms with E-state index in [1.165, 1.54) is 23.1 Å². The first kappa shape index (κ1) is 17.3. The number of benzene rings is 2. The third-order valence-electron chi connectivity index (χ3n) is 4.88. The van der Waals surface area contributed by atoms with Crippen molar-refractivity contribution in [3.05, 3.63) is 71.3 Å². The van der Waals surface area contributed by atoms with E-state index in [0.29, 0.717) is 18.9 Å². The molecule has 0 aromatic heterocycles. The monoisotopic (exact) mass is 336 g/mol. The van der Waals surface area contributed by atoms with Crippen molar-refractivity contribution in [3.8, 4) is 5.75 Å². The number of carboxylic acids is 1. The van der Waals surface area contributed by atoms with Crippen LogP contribution in [0.4, 0.5) is 0 Å². The fourth-order valence-electron chi connectivity index (χ4n) is 3.36. The molecule has 0 aliphatic heterocycles. The van der Waals surface area contributed by atoms with Crippen molar-refractivity contribution in [3.63, 3.8) is 0 Å². The molecular weight excluding hydrogens is 312 g/mol. The summed E-state index contributed by atoms with van der Waals surface area (Å²) in [6.07, 6.45) is 3.00. The summed E-state index contributed by atoms with van der Waals surface area (Å²) < 4.78 is 6.02. The minimum Gasteiger partial charge on any atom is -0.489 e. The average molecular weight is 336 g/mol. The van der Waals surface area contributed by atoms with Gasteiger partial charge in [-0.05, 0) is 59.6 Å². The Labute approximate surface area is 149 Å². The van der Waals surface area contributed by atoms with Gasteiger partial charge in [0.05, 0.1) is 0 Å². The van der Waals surface area contributed by atoms with Crippen LogP contribution < -0.4 is 4.74 Å². The van der Waals surface area contributed by atoms with Gasteiger partial charge in [0.1, 0.15) is 12.4 Å². The summed E-state index contributed by atoms with van der Waals surface area (Å²) in [7, 11) is 0. The molecule has 3 rings (SSSR count). The molecule has 0 bridgehead atoms. The van der Waals surface area contributed by atoms with Crippen molar-refractivity contribution in [2.24, 2.45) is 5.92 Å². The largest absolute Gasteiger partial charge is 0.489 e. The van der Waals surface area contributed by atoms with E-state index in [4.69, 9.17) is 9.84 Å². The number of aliphatic carboxylic acids is 1. The summed E-state index contributed by atoms with van der Waals surface area (Å²) in [4.78, 5) is 10.6. The topological polar surface area (TPSA) is 46.5 Å². The highest BCUT2D eigenvalue weighted by atomic mass is 16.5. The minimum atomic E-state index is -0.768. The number of ether oxygens (including phenoxy) is 1. The molecule has 1 atom stereocenters. The predicted octanol–water partition coefficient (Wildman–Crippen LogP) is 4.97. The highest BCUT2D eigenvalue weighted by Gasteiger charge is 2.23. The highest BCUT2D eigenvalue weighted by Crippen LogP contribution is 2.38. The van der Waals surface area contributed by atoms with Crippen molar-refractivity contribution in [2.45, 2.75) is 32.6 Å². The quantitative estimate of drug-likeness (QED) is 0.777. The van der Waals surface area contributed by atoms with E-state index in [-0.39, 0.29) is 6.42 Å². The van der Waals surface area contributed by atoms with Gasteiger partial charge in [-0.3, -0.25) is 4.79 Å². The van der Waals surface area contributed by atoms with Crippen LogP contribution in [0, 0.1) is 5.92 Å². The normalized spacial score (nSPS) is 16.9. The number of carbonyl (C=O) groups is 1. The molecule has 1 aliphatic rings. The summed E-state index contributed by atoms with van der Waals surface area (Å²) in [5, 5.41) is 8.75. The standard InChI is InChI=1S/C22H24O3/c1-16-7-13-20(18-5-3-2-4-6-18)21(16)15-25-19-11-8-17(9-12-19)10-14-22(23)24/h2-6,8-9,11-12,16H,7,10,13-15H2,1H3,(H,23,24). The van der Waals surface area contributed by atoms with Crippen LogP contribution in [0.25, 0.3) is 5.57 Å². The van der Waals surface area contributed by atoms with E-state index in [9.17, 15) is 4.79 Å². The second kappa shape index (κ2) is 8.02. The second-order valence-corrected chi connectivity index (χ2v) is 6.64. The van der Waals surface area contributed by atoms with Gasteiger partial charge in [-0.15, -0.1) is 0 Å². The van der Waals surface area contributed by atoms with E-state index >= 15 is 0 Å². The van der Waals surface area contributed by atoms with Gasteiger partial charge < -0.3 is 9.84 Å². The number of carboxylic acid groups (broad SMARTS) is 1. The zero-order chi connectivity index (χ0) is 17.6. The van der Waals surface area contributed by atoms with Crippen LogP contribution >= 0.6 is 0 Å². The number of rotatable bonds is 7. The molecule has 0 saturated heterocycles. The maximum absolute atomic E-state index is 10.6. The molecule has 3 nitrogen and oxygen atoms in total. The molecular formula is C22H24O3. The van der Waals surface area contributed by atoms with Crippen LogP contribution in [-0.2, 0) is 11.2 Å². The summed E-state index contributed by atoms with van der Waals surface area (Å²) in [6.45, 7) is 2.88. The molecule has 1 aliphatic carbocycles. The lowest BCUT2D eigenvalue weighted by Gasteiger charge is -2.14. The third kappa shape index (κ3) is 4.50. The lowest BCUT2D eigenvalue weighted by molar-refractivity contribution is -0.136. The summed E-state index contributed by atoms with van der Waals surface area (Å²) in [5.41, 5.74) is 5.13. The average Bonchev–Trinajstić information content (AvgIpc) is 3.00. The Morgan fingerprint density at radius 2 is 1.84 bits per heavy atom. The van der Waals surface area contributed by atoms with Crippen molar-refractivity contribution in [1.82, 2.24) is 0 Å². The Kier molecular flexibility index (Phi) is 5.54. The molecule has 25 heavy (non-hydrogen) atoms. The first-order valence-electron chi connectivity index (χ1n) is 8.84. The molecule has 0 radical (unpaired) electrons. The van der Waals surface area contributed by atoms with Gasteiger partial charge in [0.25, 0.3) is 0 Å². The van der Waals surface area contributed by atoms with Crippen LogP contribution in [0.3, 0.4) is 0 Å². The third-order valence-corrected chi connectivity index (χ3v) is 4.88. The lowest BCUT2D eigenvalue weighted by Crippen LogP contribution is -2.06. The predicted molar refractivity (Wildman–Crippen MR) is 99.7 cm³/mol. The minimum absolute atomic E-state index is 0.158. The van der Waals surface area contributed by atoms with Gasteiger partial charge in [-0.1, -0.05) is 49.4 Å². The van der Waals surface area contributed by atoms with E-state index in [1.807, 2.05) is 30.3 Å². The van der Waals surface area contributed by atoms with Gasteiger partial charge in [0.2, 0.25) is 0 Å². The first-order valence-corrected chi connectivity index (χ1v) is 8.84. The maximum Gasteiger partial charge on any atom is 0.303 e. The molecule has 2 aromatic rings. The fourth-order valence-corrected chi connectivity index (χ4v) is 3.36. The Hall–Kier alpha value is -2.55. The zero-order valence-corrected chi connectivity index (χ0v) is 14.6. The van der Waals surface area contributed by atoms with Crippen LogP contribution in [0.15, 0.2) is 60.2 Å². The Balaban J connectivity index is 1.66. The fraction of sp³-hybridized carbons (Fsp3) is 0.318. The summed E-state index contributed by atoms with van der Waals surface area (Å²) in [6, 6.07) is 18.3.